The monoisotopic (exact) mass is 400 g/mol. The molecular formula is C20H21ClN4O3. The number of carbonyl (C=O) groups excluding carboxylic acids is 1. The van der Waals surface area contributed by atoms with E-state index >= 15 is 0 Å². The van der Waals surface area contributed by atoms with Crippen molar-refractivity contribution in [3.8, 4) is 0 Å². The molecule has 0 amide bonds. The van der Waals surface area contributed by atoms with Crippen molar-refractivity contribution in [2.24, 2.45) is 0 Å². The van der Waals surface area contributed by atoms with Crippen molar-refractivity contribution < 1.29 is 14.6 Å². The quantitative estimate of drug-likeness (QED) is 0.522. The summed E-state index contributed by atoms with van der Waals surface area (Å²) in [6.45, 7) is 1.99. The number of rotatable bonds is 7. The van der Waals surface area contributed by atoms with Crippen LogP contribution in [-0.2, 0) is 11.3 Å². The molecule has 0 fully saturated rings. The Kier molecular flexibility index (Phi) is 6.18. The Balaban J connectivity index is 1.94. The van der Waals surface area contributed by atoms with Crippen LogP contribution in [0.25, 0.3) is 0 Å². The van der Waals surface area contributed by atoms with Crippen molar-refractivity contribution in [1.82, 2.24) is 9.78 Å². The second kappa shape index (κ2) is 8.77. The van der Waals surface area contributed by atoms with Crippen LogP contribution in [-0.4, -0.2) is 27.5 Å². The number of nitrogens with zero attached hydrogens (tertiary/aromatic N) is 2. The zero-order chi connectivity index (χ0) is 20.1. The van der Waals surface area contributed by atoms with E-state index in [0.29, 0.717) is 10.7 Å². The summed E-state index contributed by atoms with van der Waals surface area (Å²) >= 11 is 6.02. The van der Waals surface area contributed by atoms with Gasteiger partial charge in [-0.3, -0.25) is 0 Å². The van der Waals surface area contributed by atoms with E-state index in [9.17, 15) is 9.90 Å². The van der Waals surface area contributed by atoms with Crippen molar-refractivity contribution >= 4 is 34.9 Å². The van der Waals surface area contributed by atoms with Gasteiger partial charge in [-0.25, -0.2) is 9.48 Å². The van der Waals surface area contributed by atoms with E-state index < -0.39 is 12.1 Å². The molecule has 146 valence electrons. The number of carbonyl (C=O) groups is 1. The van der Waals surface area contributed by atoms with Crippen LogP contribution in [0.4, 0.5) is 17.3 Å². The first-order chi connectivity index (χ1) is 13.5. The largest absolute Gasteiger partial charge is 0.462 e. The number of esters is 1. The van der Waals surface area contributed by atoms with E-state index in [2.05, 4.69) is 10.4 Å². The predicted molar refractivity (Wildman–Crippen MR) is 109 cm³/mol. The third-order valence-corrected chi connectivity index (χ3v) is 4.32. The van der Waals surface area contributed by atoms with Crippen molar-refractivity contribution in [3.63, 3.8) is 0 Å². The molecule has 1 heterocycles. The van der Waals surface area contributed by atoms with Gasteiger partial charge in [-0.05, 0) is 30.7 Å². The fourth-order valence-corrected chi connectivity index (χ4v) is 2.94. The zero-order valence-electron chi connectivity index (χ0n) is 15.3. The van der Waals surface area contributed by atoms with Crippen molar-refractivity contribution in [2.45, 2.75) is 19.6 Å². The Labute approximate surface area is 167 Å². The van der Waals surface area contributed by atoms with Gasteiger partial charge in [0.2, 0.25) is 0 Å². The number of nitrogen functional groups attached to an aromatic ring is 1. The van der Waals surface area contributed by atoms with E-state index in [-0.39, 0.29) is 30.4 Å². The van der Waals surface area contributed by atoms with Gasteiger partial charge in [0.15, 0.2) is 5.82 Å². The molecule has 0 saturated heterocycles. The van der Waals surface area contributed by atoms with E-state index in [1.165, 1.54) is 4.68 Å². The number of aromatic nitrogens is 2. The average molecular weight is 401 g/mol. The van der Waals surface area contributed by atoms with Crippen LogP contribution in [0.1, 0.15) is 28.9 Å². The molecular weight excluding hydrogens is 380 g/mol. The lowest BCUT2D eigenvalue weighted by Gasteiger charge is -2.12. The summed E-state index contributed by atoms with van der Waals surface area (Å²) in [5, 5.41) is 18.5. The maximum absolute atomic E-state index is 12.4. The first kappa shape index (κ1) is 19.7. The van der Waals surface area contributed by atoms with E-state index in [4.69, 9.17) is 22.1 Å². The Hall–Kier alpha value is -3.03. The fourth-order valence-electron chi connectivity index (χ4n) is 2.75. The molecule has 0 aliphatic carbocycles. The first-order valence-corrected chi connectivity index (χ1v) is 9.16. The van der Waals surface area contributed by atoms with Crippen LogP contribution in [0.15, 0.2) is 54.6 Å². The number of anilines is 3. The van der Waals surface area contributed by atoms with Crippen LogP contribution in [0, 0.1) is 0 Å². The molecule has 7 nitrogen and oxygen atoms in total. The Morgan fingerprint density at radius 3 is 2.71 bits per heavy atom. The smallest absolute Gasteiger partial charge is 0.345 e. The third kappa shape index (κ3) is 4.44. The van der Waals surface area contributed by atoms with E-state index in [0.717, 1.165) is 5.56 Å². The molecule has 0 bridgehead atoms. The number of hydrogen-bond acceptors (Lipinski definition) is 6. The third-order valence-electron chi connectivity index (χ3n) is 4.09. The van der Waals surface area contributed by atoms with Gasteiger partial charge >= 0.3 is 5.97 Å². The molecule has 1 aromatic heterocycles. The van der Waals surface area contributed by atoms with Crippen LogP contribution < -0.4 is 11.1 Å². The fraction of sp³-hybridized carbons (Fsp3) is 0.200. The highest BCUT2D eigenvalue weighted by Gasteiger charge is 2.25. The van der Waals surface area contributed by atoms with Crippen LogP contribution in [0.2, 0.25) is 5.02 Å². The highest BCUT2D eigenvalue weighted by atomic mass is 35.5. The number of ether oxygens (including phenoxy) is 1. The van der Waals surface area contributed by atoms with E-state index in [1.54, 1.807) is 31.2 Å². The minimum atomic E-state index is -0.836. The van der Waals surface area contributed by atoms with Crippen molar-refractivity contribution in [3.05, 3.63) is 70.7 Å². The summed E-state index contributed by atoms with van der Waals surface area (Å²) in [6.07, 6.45) is -0.836. The molecule has 0 spiro atoms. The Morgan fingerprint density at radius 2 is 2.04 bits per heavy atom. The molecule has 0 aliphatic rings. The highest BCUT2D eigenvalue weighted by Crippen LogP contribution is 2.28. The molecule has 3 rings (SSSR count). The number of nitrogens with one attached hydrogen (secondary N) is 1. The SMILES string of the molecule is CCOC(=O)c1c(Nc2cccc(Cl)c2)nn(CC(O)c2ccccc2)c1N. The zero-order valence-corrected chi connectivity index (χ0v) is 16.1. The number of aliphatic hydroxyl groups is 1. The van der Waals surface area contributed by atoms with Gasteiger partial charge in [0, 0.05) is 10.7 Å². The standard InChI is InChI=1S/C20H21ClN4O3/c1-2-28-20(27)17-18(22)25(12-16(26)13-7-4-3-5-8-13)24-19(17)23-15-10-6-9-14(21)11-15/h3-11,16,26H,2,12,22H2,1H3,(H,23,24). The summed E-state index contributed by atoms with van der Waals surface area (Å²) in [5.41, 5.74) is 7.65. The average Bonchev–Trinajstić information content (AvgIpc) is 2.97. The molecule has 8 heteroatoms. The molecule has 0 aliphatic heterocycles. The molecule has 1 unspecified atom stereocenters. The topological polar surface area (TPSA) is 102 Å². The summed E-state index contributed by atoms with van der Waals surface area (Å²) in [7, 11) is 0. The highest BCUT2D eigenvalue weighted by molar-refractivity contribution is 6.30. The summed E-state index contributed by atoms with van der Waals surface area (Å²) < 4.78 is 6.50. The molecule has 2 aromatic carbocycles. The molecule has 4 N–H and O–H groups in total. The lowest BCUT2D eigenvalue weighted by Crippen LogP contribution is -2.14. The van der Waals surface area contributed by atoms with Gasteiger partial charge in [-0.15, -0.1) is 0 Å². The van der Waals surface area contributed by atoms with Crippen molar-refractivity contribution in [1.29, 1.82) is 0 Å². The van der Waals surface area contributed by atoms with Gasteiger partial charge in [0.25, 0.3) is 0 Å². The van der Waals surface area contributed by atoms with Crippen molar-refractivity contribution in [2.75, 3.05) is 17.7 Å². The van der Waals surface area contributed by atoms with Crippen LogP contribution >= 0.6 is 11.6 Å². The normalized spacial score (nSPS) is 11.8. The first-order valence-electron chi connectivity index (χ1n) is 8.78. The van der Waals surface area contributed by atoms with E-state index in [1.807, 2.05) is 30.3 Å². The summed E-state index contributed by atoms with van der Waals surface area (Å²) in [4.78, 5) is 12.4. The second-order valence-corrected chi connectivity index (χ2v) is 6.51. The molecule has 28 heavy (non-hydrogen) atoms. The van der Waals surface area contributed by atoms with Gasteiger partial charge in [0.1, 0.15) is 11.4 Å². The van der Waals surface area contributed by atoms with Gasteiger partial charge < -0.3 is 20.9 Å². The lowest BCUT2D eigenvalue weighted by molar-refractivity contribution is 0.0528. The summed E-state index contributed by atoms with van der Waals surface area (Å²) in [6, 6.07) is 16.1. The number of hydrogen-bond donors (Lipinski definition) is 3. The maximum Gasteiger partial charge on any atom is 0.345 e. The molecule has 1 atom stereocenters. The number of benzene rings is 2. The molecule has 0 radical (unpaired) electrons. The minimum Gasteiger partial charge on any atom is -0.462 e. The van der Waals surface area contributed by atoms with Crippen LogP contribution in [0.3, 0.4) is 0 Å². The minimum absolute atomic E-state index is 0.0828. The molecule has 0 saturated carbocycles. The molecule has 3 aromatic rings. The number of halogens is 1. The maximum atomic E-state index is 12.4. The Morgan fingerprint density at radius 1 is 1.29 bits per heavy atom. The predicted octanol–water partition coefficient (Wildman–Crippen LogP) is 3.77. The van der Waals surface area contributed by atoms with Gasteiger partial charge in [0.05, 0.1) is 19.3 Å². The summed E-state index contributed by atoms with van der Waals surface area (Å²) in [5.74, 6) is -0.249. The number of nitrogens with two attached hydrogens (primary N) is 1. The van der Waals surface area contributed by atoms with Crippen LogP contribution in [0.5, 0.6) is 0 Å². The van der Waals surface area contributed by atoms with Gasteiger partial charge in [-0.2, -0.15) is 5.10 Å². The lowest BCUT2D eigenvalue weighted by atomic mass is 10.1. The second-order valence-electron chi connectivity index (χ2n) is 6.07. The number of aliphatic hydroxyl groups excluding tert-OH is 1. The Bertz CT molecular complexity index is 959. The van der Waals surface area contributed by atoms with Gasteiger partial charge in [-0.1, -0.05) is 48.0 Å².